The zero-order chi connectivity index (χ0) is 23.9. The van der Waals surface area contributed by atoms with Crippen molar-refractivity contribution in [3.05, 3.63) is 59.9 Å². The van der Waals surface area contributed by atoms with Crippen LogP contribution in [0.4, 0.5) is 4.39 Å². The van der Waals surface area contributed by atoms with Gasteiger partial charge in [0.1, 0.15) is 12.4 Å². The smallest absolute Gasteiger partial charge is 0.313 e. The Labute approximate surface area is 198 Å². The van der Waals surface area contributed by atoms with Crippen LogP contribution in [-0.2, 0) is 9.53 Å². The zero-order valence-electron chi connectivity index (χ0n) is 20.0. The first-order valence-electron chi connectivity index (χ1n) is 11.7. The first kappa shape index (κ1) is 26.2. The number of rotatable bonds is 10. The van der Waals surface area contributed by atoms with Crippen LogP contribution in [0.15, 0.2) is 48.5 Å². The van der Waals surface area contributed by atoms with Crippen LogP contribution < -0.4 is 0 Å². The highest BCUT2D eigenvalue weighted by molar-refractivity contribution is 5.78. The van der Waals surface area contributed by atoms with E-state index >= 15 is 0 Å². The minimum absolute atomic E-state index is 0.288. The van der Waals surface area contributed by atoms with Crippen molar-refractivity contribution in [3.63, 3.8) is 0 Å². The van der Waals surface area contributed by atoms with E-state index in [9.17, 15) is 9.18 Å². The summed E-state index contributed by atoms with van der Waals surface area (Å²) in [5, 5.41) is 0. The Morgan fingerprint density at radius 2 is 1.58 bits per heavy atom. The molecule has 2 rings (SSSR count). The first-order valence-corrected chi connectivity index (χ1v) is 11.7. The average molecular weight is 448 g/mol. The van der Waals surface area contributed by atoms with Crippen molar-refractivity contribution in [3.8, 4) is 34.8 Å². The molecular formula is C29H34FNO2. The highest BCUT2D eigenvalue weighted by Crippen LogP contribution is 2.26. The van der Waals surface area contributed by atoms with Gasteiger partial charge in [0.2, 0.25) is 0 Å². The standard InChI is InChI=1S/C29H34FNO2/c1-4-6-8-13-19-31(20-14-9-7-5-2)21-22-33-29(32)24(3)26-17-18-27(28(30)23-26)25-15-11-10-12-16-25/h10-12,15-18,23-24H,4-5,13-14,19-22H2,1-3H3. The van der Waals surface area contributed by atoms with Gasteiger partial charge in [-0.2, -0.15) is 0 Å². The van der Waals surface area contributed by atoms with Crippen LogP contribution in [0.25, 0.3) is 11.1 Å². The van der Waals surface area contributed by atoms with E-state index in [1.54, 1.807) is 19.1 Å². The maximum Gasteiger partial charge on any atom is 0.313 e. The Kier molecular flexibility index (Phi) is 11.8. The molecule has 0 aliphatic rings. The maximum absolute atomic E-state index is 14.7. The molecule has 4 heteroatoms. The van der Waals surface area contributed by atoms with E-state index in [1.807, 2.05) is 44.2 Å². The fourth-order valence-corrected chi connectivity index (χ4v) is 3.38. The van der Waals surface area contributed by atoms with E-state index in [0.717, 1.165) is 44.3 Å². The molecule has 0 N–H and O–H groups in total. The molecule has 0 amide bonds. The van der Waals surface area contributed by atoms with Gasteiger partial charge in [-0.3, -0.25) is 9.69 Å². The Hall–Kier alpha value is -3.08. The number of ether oxygens (including phenoxy) is 1. The molecule has 0 radical (unpaired) electrons. The highest BCUT2D eigenvalue weighted by Gasteiger charge is 2.19. The van der Waals surface area contributed by atoms with E-state index in [1.165, 1.54) is 6.07 Å². The number of hydrogen-bond donors (Lipinski definition) is 0. The molecule has 1 atom stereocenters. The zero-order valence-corrected chi connectivity index (χ0v) is 20.0. The molecule has 0 aliphatic heterocycles. The largest absolute Gasteiger partial charge is 0.464 e. The van der Waals surface area contributed by atoms with Crippen LogP contribution in [0.5, 0.6) is 0 Å². The van der Waals surface area contributed by atoms with Gasteiger partial charge in [0.15, 0.2) is 0 Å². The number of carbonyl (C=O) groups is 1. The van der Waals surface area contributed by atoms with Crippen LogP contribution in [0.2, 0.25) is 0 Å². The SMILES string of the molecule is CCC#CCCN(CCC#CCC)CCOC(=O)C(C)c1ccc(-c2ccccc2)c(F)c1. The topological polar surface area (TPSA) is 29.5 Å². The summed E-state index contributed by atoms with van der Waals surface area (Å²) in [6, 6.07) is 14.3. The summed E-state index contributed by atoms with van der Waals surface area (Å²) in [6.07, 6.45) is 3.27. The number of halogens is 1. The Morgan fingerprint density at radius 3 is 2.15 bits per heavy atom. The van der Waals surface area contributed by atoms with Crippen molar-refractivity contribution >= 4 is 5.97 Å². The minimum atomic E-state index is -0.538. The molecule has 1 unspecified atom stereocenters. The fourth-order valence-electron chi connectivity index (χ4n) is 3.38. The average Bonchev–Trinajstić information content (AvgIpc) is 2.83. The molecule has 0 aliphatic carbocycles. The molecule has 2 aromatic rings. The second-order valence-corrected chi connectivity index (χ2v) is 7.75. The van der Waals surface area contributed by atoms with Gasteiger partial charge in [-0.05, 0) is 24.1 Å². The van der Waals surface area contributed by atoms with E-state index in [2.05, 4.69) is 28.6 Å². The third-order valence-electron chi connectivity index (χ3n) is 5.29. The number of nitrogens with zero attached hydrogens (tertiary/aromatic N) is 1. The summed E-state index contributed by atoms with van der Waals surface area (Å²) in [4.78, 5) is 14.8. The van der Waals surface area contributed by atoms with Crippen molar-refractivity contribution in [1.82, 2.24) is 4.90 Å². The first-order chi connectivity index (χ1) is 16.1. The van der Waals surface area contributed by atoms with Crippen molar-refractivity contribution < 1.29 is 13.9 Å². The lowest BCUT2D eigenvalue weighted by molar-refractivity contribution is -0.145. The maximum atomic E-state index is 14.7. The van der Waals surface area contributed by atoms with E-state index in [4.69, 9.17) is 4.74 Å². The van der Waals surface area contributed by atoms with Gasteiger partial charge in [0, 0.05) is 50.9 Å². The minimum Gasteiger partial charge on any atom is -0.464 e. The van der Waals surface area contributed by atoms with Crippen molar-refractivity contribution in [2.75, 3.05) is 26.2 Å². The summed E-state index contributed by atoms with van der Waals surface area (Å²) in [5.74, 6) is 11.3. The molecule has 3 nitrogen and oxygen atoms in total. The van der Waals surface area contributed by atoms with Gasteiger partial charge >= 0.3 is 5.97 Å². The third-order valence-corrected chi connectivity index (χ3v) is 5.29. The van der Waals surface area contributed by atoms with Gasteiger partial charge in [0.05, 0.1) is 5.92 Å². The van der Waals surface area contributed by atoms with Crippen LogP contribution in [-0.4, -0.2) is 37.1 Å². The molecule has 0 spiro atoms. The summed E-state index contributed by atoms with van der Waals surface area (Å²) in [7, 11) is 0. The van der Waals surface area contributed by atoms with Gasteiger partial charge in [-0.25, -0.2) is 4.39 Å². The predicted molar refractivity (Wildman–Crippen MR) is 133 cm³/mol. The van der Waals surface area contributed by atoms with E-state index in [-0.39, 0.29) is 18.4 Å². The van der Waals surface area contributed by atoms with Gasteiger partial charge in [-0.1, -0.05) is 56.3 Å². The van der Waals surface area contributed by atoms with Gasteiger partial charge < -0.3 is 4.74 Å². The van der Waals surface area contributed by atoms with E-state index in [0.29, 0.717) is 17.7 Å². The van der Waals surface area contributed by atoms with Gasteiger partial charge in [0.25, 0.3) is 0 Å². The molecule has 174 valence electrons. The molecule has 2 aromatic carbocycles. The highest BCUT2D eigenvalue weighted by atomic mass is 19.1. The number of benzene rings is 2. The summed E-state index contributed by atoms with van der Waals surface area (Å²) >= 11 is 0. The van der Waals surface area contributed by atoms with Crippen LogP contribution in [0.3, 0.4) is 0 Å². The summed E-state index contributed by atoms with van der Waals surface area (Å²) < 4.78 is 20.2. The molecule has 0 heterocycles. The molecule has 33 heavy (non-hydrogen) atoms. The second kappa shape index (κ2) is 14.9. The van der Waals surface area contributed by atoms with Crippen molar-refractivity contribution in [2.45, 2.75) is 52.4 Å². The Bertz CT molecular complexity index is 969. The second-order valence-electron chi connectivity index (χ2n) is 7.75. The van der Waals surface area contributed by atoms with Crippen LogP contribution in [0, 0.1) is 29.5 Å². The summed E-state index contributed by atoms with van der Waals surface area (Å²) in [6.45, 7) is 8.37. The Morgan fingerprint density at radius 1 is 0.939 bits per heavy atom. The van der Waals surface area contributed by atoms with E-state index < -0.39 is 5.92 Å². The Balaban J connectivity index is 1.90. The predicted octanol–water partition coefficient (Wildman–Crippen LogP) is 6.05. The third kappa shape index (κ3) is 9.13. The normalized spacial score (nSPS) is 11.2. The molecular weight excluding hydrogens is 413 g/mol. The quantitative estimate of drug-likeness (QED) is 0.328. The monoisotopic (exact) mass is 447 g/mol. The van der Waals surface area contributed by atoms with Crippen LogP contribution >= 0.6 is 0 Å². The summed E-state index contributed by atoms with van der Waals surface area (Å²) in [5.41, 5.74) is 1.94. The van der Waals surface area contributed by atoms with Crippen molar-refractivity contribution in [2.24, 2.45) is 0 Å². The fraction of sp³-hybridized carbons (Fsp3) is 0.414. The lowest BCUT2D eigenvalue weighted by Gasteiger charge is -2.21. The lowest BCUT2D eigenvalue weighted by atomic mass is 9.97. The number of esters is 1. The number of carbonyl (C=O) groups excluding carboxylic acids is 1. The molecule has 0 bridgehead atoms. The number of hydrogen-bond acceptors (Lipinski definition) is 3. The molecule has 0 saturated carbocycles. The molecule has 0 aromatic heterocycles. The molecule has 0 fully saturated rings. The van der Waals surface area contributed by atoms with Crippen molar-refractivity contribution in [1.29, 1.82) is 0 Å². The molecule has 0 saturated heterocycles. The van der Waals surface area contributed by atoms with Gasteiger partial charge in [-0.15, -0.1) is 23.7 Å². The van der Waals surface area contributed by atoms with Crippen LogP contribution in [0.1, 0.15) is 57.9 Å². The lowest BCUT2D eigenvalue weighted by Crippen LogP contribution is -2.30.